The Kier molecular flexibility index (Phi) is 4.03. The Bertz CT molecular complexity index is 597. The first kappa shape index (κ1) is 14.6. The van der Waals surface area contributed by atoms with Gasteiger partial charge in [0.1, 0.15) is 5.60 Å². The molecule has 1 aromatic heterocycles. The number of carbonyl (C=O) groups excluding carboxylic acids is 1. The molecule has 7 heteroatoms. The van der Waals surface area contributed by atoms with Gasteiger partial charge in [-0.1, -0.05) is 22.9 Å². The van der Waals surface area contributed by atoms with Crippen LogP contribution in [0.2, 0.25) is 5.02 Å². The molecule has 1 heterocycles. The van der Waals surface area contributed by atoms with Crippen molar-refractivity contribution in [3.05, 3.63) is 21.6 Å². The highest BCUT2D eigenvalue weighted by molar-refractivity contribution is 9.10. The molecule has 4 nitrogen and oxygen atoms in total. The van der Waals surface area contributed by atoms with Crippen LogP contribution in [-0.4, -0.2) is 16.7 Å². The zero-order chi connectivity index (χ0) is 14.2. The van der Waals surface area contributed by atoms with Gasteiger partial charge >= 0.3 is 6.09 Å². The van der Waals surface area contributed by atoms with Gasteiger partial charge in [-0.3, -0.25) is 5.32 Å². The molecule has 0 bridgehead atoms. The van der Waals surface area contributed by atoms with E-state index in [1.807, 2.05) is 26.8 Å². The first-order valence-corrected chi connectivity index (χ1v) is 7.49. The summed E-state index contributed by atoms with van der Waals surface area (Å²) in [5, 5.41) is 3.68. The summed E-state index contributed by atoms with van der Waals surface area (Å²) in [7, 11) is 0. The van der Waals surface area contributed by atoms with Crippen LogP contribution < -0.4 is 5.32 Å². The third-order valence-corrected chi connectivity index (χ3v) is 4.17. The minimum atomic E-state index is -0.535. The molecule has 0 aliphatic rings. The molecule has 0 saturated carbocycles. The molecule has 2 rings (SSSR count). The van der Waals surface area contributed by atoms with Gasteiger partial charge in [-0.25, -0.2) is 9.78 Å². The number of fused-ring (bicyclic) bond motifs is 1. The highest BCUT2D eigenvalue weighted by Gasteiger charge is 2.17. The number of anilines is 1. The molecule has 0 aliphatic carbocycles. The van der Waals surface area contributed by atoms with Crippen molar-refractivity contribution in [2.45, 2.75) is 26.4 Å². The monoisotopic (exact) mass is 362 g/mol. The molecule has 1 amide bonds. The number of nitrogens with zero attached hydrogens (tertiary/aromatic N) is 1. The molecule has 102 valence electrons. The summed E-state index contributed by atoms with van der Waals surface area (Å²) in [6.07, 6.45) is -0.517. The standard InChI is InChI=1S/C12H12BrClN2O2S/c1-12(2,3)18-11(17)16-10-15-8-5-7(14)6(13)4-9(8)19-10/h4-5H,1-3H3,(H,15,16,17). The van der Waals surface area contributed by atoms with Crippen LogP contribution in [0.4, 0.5) is 9.93 Å². The highest BCUT2D eigenvalue weighted by Crippen LogP contribution is 2.33. The molecule has 1 N–H and O–H groups in total. The molecule has 0 unspecified atom stereocenters. The Morgan fingerprint density at radius 2 is 2.16 bits per heavy atom. The maximum Gasteiger partial charge on any atom is 0.413 e. The van der Waals surface area contributed by atoms with E-state index < -0.39 is 11.7 Å². The molecule has 1 aromatic carbocycles. The van der Waals surface area contributed by atoms with Crippen LogP contribution in [0.1, 0.15) is 20.8 Å². The van der Waals surface area contributed by atoms with Gasteiger partial charge in [-0.05, 0) is 48.8 Å². The second-order valence-corrected chi connectivity index (χ2v) is 7.17. The van der Waals surface area contributed by atoms with Crippen molar-refractivity contribution in [2.75, 3.05) is 5.32 Å². The molecule has 0 fully saturated rings. The fourth-order valence-electron chi connectivity index (χ4n) is 1.37. The Hall–Kier alpha value is -0.850. The van der Waals surface area contributed by atoms with Crippen molar-refractivity contribution in [3.8, 4) is 0 Å². The van der Waals surface area contributed by atoms with Crippen molar-refractivity contribution in [1.82, 2.24) is 4.98 Å². The highest BCUT2D eigenvalue weighted by atomic mass is 79.9. The number of hydrogen-bond donors (Lipinski definition) is 1. The summed E-state index contributed by atoms with van der Waals surface area (Å²) in [6.45, 7) is 5.42. The van der Waals surface area contributed by atoms with Gasteiger partial charge in [0.15, 0.2) is 5.13 Å². The zero-order valence-electron chi connectivity index (χ0n) is 10.6. The van der Waals surface area contributed by atoms with E-state index in [1.54, 1.807) is 6.07 Å². The van der Waals surface area contributed by atoms with Crippen molar-refractivity contribution in [3.63, 3.8) is 0 Å². The SMILES string of the molecule is CC(C)(C)OC(=O)Nc1nc2cc(Cl)c(Br)cc2s1. The third kappa shape index (κ3) is 3.81. The van der Waals surface area contributed by atoms with Gasteiger partial charge < -0.3 is 4.74 Å². The smallest absolute Gasteiger partial charge is 0.413 e. The van der Waals surface area contributed by atoms with Crippen molar-refractivity contribution >= 4 is 60.3 Å². The zero-order valence-corrected chi connectivity index (χ0v) is 13.7. The third-order valence-electron chi connectivity index (χ3n) is 2.04. The normalized spacial score (nSPS) is 11.6. The molecule has 0 atom stereocenters. The molecule has 0 radical (unpaired) electrons. The quantitative estimate of drug-likeness (QED) is 0.770. The second-order valence-electron chi connectivity index (χ2n) is 4.88. The summed E-state index contributed by atoms with van der Waals surface area (Å²) < 4.78 is 6.90. The number of aromatic nitrogens is 1. The predicted octanol–water partition coefficient (Wildman–Crippen LogP) is 5.06. The lowest BCUT2D eigenvalue weighted by atomic mass is 10.2. The molecular weight excluding hydrogens is 352 g/mol. The van der Waals surface area contributed by atoms with Gasteiger partial charge in [0, 0.05) is 4.47 Å². The number of benzene rings is 1. The molecule has 0 saturated heterocycles. The average Bonchev–Trinajstić information content (AvgIpc) is 2.56. The fourth-order valence-corrected chi connectivity index (χ4v) is 2.89. The number of carbonyl (C=O) groups is 1. The van der Waals surface area contributed by atoms with E-state index in [2.05, 4.69) is 26.2 Å². The Morgan fingerprint density at radius 3 is 2.79 bits per heavy atom. The van der Waals surface area contributed by atoms with Gasteiger partial charge in [-0.2, -0.15) is 0 Å². The first-order chi connectivity index (χ1) is 8.74. The average molecular weight is 364 g/mol. The molecule has 2 aromatic rings. The Labute approximate surface area is 128 Å². The van der Waals surface area contributed by atoms with E-state index in [1.165, 1.54) is 11.3 Å². The van der Waals surface area contributed by atoms with Gasteiger partial charge in [0.2, 0.25) is 0 Å². The van der Waals surface area contributed by atoms with Crippen LogP contribution in [0.5, 0.6) is 0 Å². The van der Waals surface area contributed by atoms with E-state index in [0.29, 0.717) is 10.2 Å². The van der Waals surface area contributed by atoms with E-state index in [-0.39, 0.29) is 0 Å². The molecule has 0 aliphatic heterocycles. The van der Waals surface area contributed by atoms with Crippen molar-refractivity contribution < 1.29 is 9.53 Å². The van der Waals surface area contributed by atoms with E-state index in [9.17, 15) is 4.79 Å². The largest absolute Gasteiger partial charge is 0.444 e. The molecule has 19 heavy (non-hydrogen) atoms. The summed E-state index contributed by atoms with van der Waals surface area (Å²) in [5.41, 5.74) is 0.205. The van der Waals surface area contributed by atoms with Gasteiger partial charge in [0.25, 0.3) is 0 Å². The minimum absolute atomic E-state index is 0.485. The number of ether oxygens (including phenoxy) is 1. The van der Waals surface area contributed by atoms with E-state index >= 15 is 0 Å². The summed E-state index contributed by atoms with van der Waals surface area (Å²) in [6, 6.07) is 3.62. The number of halogens is 2. The first-order valence-electron chi connectivity index (χ1n) is 5.50. The van der Waals surface area contributed by atoms with Crippen LogP contribution in [0.15, 0.2) is 16.6 Å². The Morgan fingerprint density at radius 1 is 1.47 bits per heavy atom. The van der Waals surface area contributed by atoms with Gasteiger partial charge in [-0.15, -0.1) is 0 Å². The van der Waals surface area contributed by atoms with Gasteiger partial charge in [0.05, 0.1) is 15.2 Å². The van der Waals surface area contributed by atoms with Crippen LogP contribution in [0, 0.1) is 0 Å². The fraction of sp³-hybridized carbons (Fsp3) is 0.333. The predicted molar refractivity (Wildman–Crippen MR) is 82.2 cm³/mol. The maximum absolute atomic E-state index is 11.6. The van der Waals surface area contributed by atoms with E-state index in [4.69, 9.17) is 16.3 Å². The van der Waals surface area contributed by atoms with Crippen LogP contribution in [0.3, 0.4) is 0 Å². The lowest BCUT2D eigenvalue weighted by molar-refractivity contribution is 0.0636. The number of nitrogens with one attached hydrogen (secondary N) is 1. The molecular formula is C12H12BrClN2O2S. The van der Waals surface area contributed by atoms with Crippen LogP contribution in [0.25, 0.3) is 10.2 Å². The van der Waals surface area contributed by atoms with Crippen molar-refractivity contribution in [2.24, 2.45) is 0 Å². The summed E-state index contributed by atoms with van der Waals surface area (Å²) in [4.78, 5) is 15.9. The summed E-state index contributed by atoms with van der Waals surface area (Å²) >= 11 is 10.7. The maximum atomic E-state index is 11.6. The second kappa shape index (κ2) is 5.26. The van der Waals surface area contributed by atoms with E-state index in [0.717, 1.165) is 14.7 Å². The number of hydrogen-bond acceptors (Lipinski definition) is 4. The number of thiazole rings is 1. The lowest BCUT2D eigenvalue weighted by Crippen LogP contribution is -2.27. The van der Waals surface area contributed by atoms with Crippen LogP contribution in [-0.2, 0) is 4.74 Å². The number of amides is 1. The topological polar surface area (TPSA) is 51.2 Å². The minimum Gasteiger partial charge on any atom is -0.444 e. The van der Waals surface area contributed by atoms with Crippen molar-refractivity contribution in [1.29, 1.82) is 0 Å². The number of rotatable bonds is 1. The summed E-state index contributed by atoms with van der Waals surface area (Å²) in [5.74, 6) is 0. The molecule has 0 spiro atoms. The lowest BCUT2D eigenvalue weighted by Gasteiger charge is -2.18. The van der Waals surface area contributed by atoms with Crippen LogP contribution >= 0.6 is 38.9 Å². The Balaban J connectivity index is 2.20.